The molecule has 1 saturated carbocycles. The van der Waals surface area contributed by atoms with E-state index in [1.54, 1.807) is 29.2 Å². The van der Waals surface area contributed by atoms with Crippen LogP contribution in [0.5, 0.6) is 0 Å². The molecule has 1 spiro atoms. The van der Waals surface area contributed by atoms with E-state index in [1.807, 2.05) is 12.2 Å². The van der Waals surface area contributed by atoms with Gasteiger partial charge in [-0.05, 0) is 55.6 Å². The zero-order valence-corrected chi connectivity index (χ0v) is 24.1. The average Bonchev–Trinajstić information content (AvgIpc) is 3.56. The second kappa shape index (κ2) is 11.2. The van der Waals surface area contributed by atoms with Crippen molar-refractivity contribution in [2.75, 3.05) is 31.5 Å². The molecule has 2 saturated heterocycles. The molecule has 2 bridgehead atoms. The summed E-state index contributed by atoms with van der Waals surface area (Å²) < 4.78 is 6.48. The highest BCUT2D eigenvalue weighted by molar-refractivity contribution is 6.30. The fourth-order valence-corrected chi connectivity index (χ4v) is 7.23. The number of likely N-dealkylation sites (tertiary alicyclic amines) is 1. The molecule has 0 aromatic heterocycles. The highest BCUT2D eigenvalue weighted by atomic mass is 35.5. The molecule has 8 unspecified atom stereocenters. The fraction of sp³-hybridized carbons (Fsp3) is 0.633. The molecule has 3 heterocycles. The lowest BCUT2D eigenvalue weighted by Crippen LogP contribution is -2.58. The third-order valence-corrected chi connectivity index (χ3v) is 9.87. The number of likely N-dealkylation sites (N-methyl/N-ethyl adjacent to an activating group) is 1. The number of anilines is 1. The first kappa shape index (κ1) is 28.1. The number of halogens is 1. The van der Waals surface area contributed by atoms with Crippen molar-refractivity contribution in [1.82, 2.24) is 15.1 Å². The number of hydrogen-bond donors (Lipinski definition) is 2. The van der Waals surface area contributed by atoms with Crippen molar-refractivity contribution in [3.05, 3.63) is 41.4 Å². The fourth-order valence-electron chi connectivity index (χ4n) is 7.10. The van der Waals surface area contributed by atoms with Gasteiger partial charge in [-0.25, -0.2) is 0 Å². The summed E-state index contributed by atoms with van der Waals surface area (Å²) in [6.07, 6.45) is 6.34. The second-order valence-corrected chi connectivity index (χ2v) is 12.1. The predicted octanol–water partition coefficient (Wildman–Crippen LogP) is 3.71. The molecule has 1 aliphatic carbocycles. The van der Waals surface area contributed by atoms with Crippen LogP contribution < -0.4 is 10.6 Å². The average molecular weight is 557 g/mol. The van der Waals surface area contributed by atoms with Crippen molar-refractivity contribution >= 4 is 35.0 Å². The van der Waals surface area contributed by atoms with Crippen LogP contribution in [0.3, 0.4) is 0 Å². The molecular weight excluding hydrogens is 516 g/mol. The number of amides is 3. The van der Waals surface area contributed by atoms with Gasteiger partial charge in [0.05, 0.1) is 17.9 Å². The number of hydrogen-bond acceptors (Lipinski definition) is 5. The Hall–Kier alpha value is -2.42. The van der Waals surface area contributed by atoms with Gasteiger partial charge in [0.15, 0.2) is 0 Å². The van der Waals surface area contributed by atoms with E-state index in [9.17, 15) is 14.4 Å². The van der Waals surface area contributed by atoms with Crippen molar-refractivity contribution in [3.63, 3.8) is 0 Å². The van der Waals surface area contributed by atoms with Crippen LogP contribution in [-0.4, -0.2) is 77.5 Å². The van der Waals surface area contributed by atoms with Crippen molar-refractivity contribution in [2.24, 2.45) is 23.7 Å². The molecule has 212 valence electrons. The molecule has 1 aromatic carbocycles. The van der Waals surface area contributed by atoms with Gasteiger partial charge in [-0.1, -0.05) is 64.3 Å². The summed E-state index contributed by atoms with van der Waals surface area (Å²) in [7, 11) is 0. The molecular formula is C30H41ClN4O4. The second-order valence-electron chi connectivity index (χ2n) is 11.6. The molecule has 4 aliphatic rings. The third-order valence-electron chi connectivity index (χ3n) is 9.62. The van der Waals surface area contributed by atoms with Crippen molar-refractivity contribution in [1.29, 1.82) is 0 Å². The highest BCUT2D eigenvalue weighted by Crippen LogP contribution is 2.55. The zero-order chi connectivity index (χ0) is 27.9. The normalized spacial score (nSPS) is 35.0. The number of fused-ring (bicyclic) bond motifs is 1. The van der Waals surface area contributed by atoms with Crippen LogP contribution >= 0.6 is 11.6 Å². The SMILES string of the molecule is CCN(CC)CCN1C(=O)C2C(C(=O)Nc3ccc(Cl)cc3)C3C=CC2(O3)C1C(=O)NC1CCCC(C)C1C. The lowest BCUT2D eigenvalue weighted by Gasteiger charge is -2.38. The molecule has 9 heteroatoms. The van der Waals surface area contributed by atoms with Crippen LogP contribution in [0, 0.1) is 23.7 Å². The van der Waals surface area contributed by atoms with Crippen LogP contribution in [0.15, 0.2) is 36.4 Å². The van der Waals surface area contributed by atoms with Crippen molar-refractivity contribution in [3.8, 4) is 0 Å². The number of carbonyl (C=O) groups excluding carboxylic acids is 3. The van der Waals surface area contributed by atoms with E-state index in [1.165, 1.54) is 0 Å². The molecule has 3 amide bonds. The maximum atomic E-state index is 14.1. The first-order chi connectivity index (χ1) is 18.7. The Morgan fingerprint density at radius 3 is 2.54 bits per heavy atom. The van der Waals surface area contributed by atoms with E-state index >= 15 is 0 Å². The lowest BCUT2D eigenvalue weighted by molar-refractivity contribution is -0.141. The molecule has 8 nitrogen and oxygen atoms in total. The van der Waals surface area contributed by atoms with Crippen LogP contribution in [0.4, 0.5) is 5.69 Å². The molecule has 0 radical (unpaired) electrons. The zero-order valence-electron chi connectivity index (χ0n) is 23.4. The molecule has 2 N–H and O–H groups in total. The maximum absolute atomic E-state index is 14.1. The molecule has 39 heavy (non-hydrogen) atoms. The van der Waals surface area contributed by atoms with Gasteiger partial charge in [-0.15, -0.1) is 0 Å². The van der Waals surface area contributed by atoms with E-state index in [2.05, 4.69) is 43.2 Å². The smallest absolute Gasteiger partial charge is 0.246 e. The van der Waals surface area contributed by atoms with Gasteiger partial charge in [-0.2, -0.15) is 0 Å². The van der Waals surface area contributed by atoms with Crippen molar-refractivity contribution < 1.29 is 19.1 Å². The number of carbonyl (C=O) groups is 3. The Kier molecular flexibility index (Phi) is 8.09. The van der Waals surface area contributed by atoms with Crippen LogP contribution in [0.2, 0.25) is 5.02 Å². The van der Waals surface area contributed by atoms with Gasteiger partial charge in [0, 0.05) is 29.8 Å². The van der Waals surface area contributed by atoms with Gasteiger partial charge in [0.2, 0.25) is 17.7 Å². The van der Waals surface area contributed by atoms with Gasteiger partial charge in [0.25, 0.3) is 0 Å². The first-order valence-electron chi connectivity index (χ1n) is 14.5. The summed E-state index contributed by atoms with van der Waals surface area (Å²) in [4.78, 5) is 45.7. The summed E-state index contributed by atoms with van der Waals surface area (Å²) in [6, 6.07) is 6.12. The maximum Gasteiger partial charge on any atom is 0.246 e. The number of benzene rings is 1. The van der Waals surface area contributed by atoms with E-state index in [4.69, 9.17) is 16.3 Å². The van der Waals surface area contributed by atoms with Gasteiger partial charge < -0.3 is 25.2 Å². The van der Waals surface area contributed by atoms with Crippen LogP contribution in [-0.2, 0) is 19.1 Å². The Labute approximate surface area is 236 Å². The first-order valence-corrected chi connectivity index (χ1v) is 14.8. The van der Waals surface area contributed by atoms with Crippen LogP contribution in [0.25, 0.3) is 0 Å². The Morgan fingerprint density at radius 1 is 1.13 bits per heavy atom. The molecule has 5 rings (SSSR count). The number of nitrogens with zero attached hydrogens (tertiary/aromatic N) is 2. The standard InChI is InChI=1S/C30H41ClN4O4/c1-5-34(6-2)16-17-35-26(28(37)33-22-9-7-8-18(3)19(22)4)30-15-14-23(39-30)24(25(30)29(35)38)27(36)32-21-12-10-20(31)11-13-21/h10-15,18-19,22-26H,5-9,16-17H2,1-4H3,(H,32,36)(H,33,37). The predicted molar refractivity (Wildman–Crippen MR) is 151 cm³/mol. The highest BCUT2D eigenvalue weighted by Gasteiger charge is 2.72. The Morgan fingerprint density at radius 2 is 1.85 bits per heavy atom. The van der Waals surface area contributed by atoms with Crippen molar-refractivity contribution in [2.45, 2.75) is 70.7 Å². The number of ether oxygens (including phenoxy) is 1. The minimum Gasteiger partial charge on any atom is -0.359 e. The Bertz CT molecular complexity index is 1120. The van der Waals surface area contributed by atoms with Gasteiger partial charge in [-0.3, -0.25) is 14.4 Å². The summed E-state index contributed by atoms with van der Waals surface area (Å²) in [5.41, 5.74) is -0.551. The third kappa shape index (κ3) is 5.00. The summed E-state index contributed by atoms with van der Waals surface area (Å²) in [5.74, 6) is -1.25. The number of nitrogens with one attached hydrogen (secondary N) is 2. The van der Waals surface area contributed by atoms with E-state index < -0.39 is 29.6 Å². The largest absolute Gasteiger partial charge is 0.359 e. The number of rotatable bonds is 9. The molecule has 1 aromatic rings. The van der Waals surface area contributed by atoms with Gasteiger partial charge >= 0.3 is 0 Å². The Balaban J connectivity index is 1.43. The minimum absolute atomic E-state index is 0.0583. The molecule has 3 fully saturated rings. The topological polar surface area (TPSA) is 91.0 Å². The van der Waals surface area contributed by atoms with E-state index in [0.29, 0.717) is 35.6 Å². The quantitative estimate of drug-likeness (QED) is 0.453. The summed E-state index contributed by atoms with van der Waals surface area (Å²) in [6.45, 7) is 11.4. The minimum atomic E-state index is -1.15. The molecule has 3 aliphatic heterocycles. The van der Waals surface area contributed by atoms with Crippen LogP contribution in [0.1, 0.15) is 47.0 Å². The van der Waals surface area contributed by atoms with Gasteiger partial charge in [0.1, 0.15) is 11.6 Å². The lowest BCUT2D eigenvalue weighted by atomic mass is 9.73. The summed E-state index contributed by atoms with van der Waals surface area (Å²) in [5, 5.41) is 6.82. The van der Waals surface area contributed by atoms with E-state index in [0.717, 1.165) is 32.4 Å². The van der Waals surface area contributed by atoms with E-state index in [-0.39, 0.29) is 23.8 Å². The summed E-state index contributed by atoms with van der Waals surface area (Å²) >= 11 is 6.01. The molecule has 8 atom stereocenters. The monoisotopic (exact) mass is 556 g/mol.